The van der Waals surface area contributed by atoms with Crippen molar-refractivity contribution in [3.8, 4) is 0 Å². The number of benzene rings is 1. The highest BCUT2D eigenvalue weighted by Crippen LogP contribution is 2.31. The Morgan fingerprint density at radius 2 is 1.74 bits per heavy atom. The maximum absolute atomic E-state index is 6.19. The summed E-state index contributed by atoms with van der Waals surface area (Å²) >= 11 is 12.3. The number of nitrogen functional groups attached to an aromatic ring is 1. The molecule has 0 amide bonds. The van der Waals surface area contributed by atoms with E-state index in [1.165, 1.54) is 0 Å². The topological polar surface area (TPSA) is 63.8 Å². The van der Waals surface area contributed by atoms with Crippen LogP contribution in [0.3, 0.4) is 0 Å². The molecular formula is C13H14Cl2N4. The van der Waals surface area contributed by atoms with Crippen LogP contribution < -0.4 is 11.1 Å². The normalized spacial score (nSPS) is 10.6. The zero-order valence-electron chi connectivity index (χ0n) is 10.9. The van der Waals surface area contributed by atoms with E-state index in [1.54, 1.807) is 19.1 Å². The summed E-state index contributed by atoms with van der Waals surface area (Å²) in [6, 6.07) is 3.57. The van der Waals surface area contributed by atoms with Crippen molar-refractivity contribution in [2.75, 3.05) is 11.1 Å². The van der Waals surface area contributed by atoms with Gasteiger partial charge >= 0.3 is 0 Å². The standard InChI is InChI=1S/C13H14Cl2N4/c1-6-4-10(15)11(5-9(6)14)19-13-7(2)12(16)17-8(3)18-13/h4-5H,1-3H3,(H3,16,17,18,19). The highest BCUT2D eigenvalue weighted by molar-refractivity contribution is 6.35. The van der Waals surface area contributed by atoms with Gasteiger partial charge in [0.25, 0.3) is 0 Å². The van der Waals surface area contributed by atoms with Gasteiger partial charge in [-0.15, -0.1) is 0 Å². The predicted octanol–water partition coefficient (Wildman–Crippen LogP) is 4.03. The molecule has 0 aliphatic heterocycles. The third-order valence-electron chi connectivity index (χ3n) is 2.80. The summed E-state index contributed by atoms with van der Waals surface area (Å²) in [6.45, 7) is 5.53. The molecule has 0 saturated carbocycles. The molecular weight excluding hydrogens is 283 g/mol. The van der Waals surface area contributed by atoms with E-state index in [4.69, 9.17) is 28.9 Å². The maximum atomic E-state index is 6.19. The summed E-state index contributed by atoms with van der Waals surface area (Å²) in [6.07, 6.45) is 0. The van der Waals surface area contributed by atoms with Crippen molar-refractivity contribution in [3.05, 3.63) is 39.1 Å². The monoisotopic (exact) mass is 296 g/mol. The predicted molar refractivity (Wildman–Crippen MR) is 80.4 cm³/mol. The van der Waals surface area contributed by atoms with E-state index in [9.17, 15) is 0 Å². The van der Waals surface area contributed by atoms with Crippen LogP contribution in [0.4, 0.5) is 17.3 Å². The number of halogens is 2. The minimum absolute atomic E-state index is 0.448. The second-order valence-electron chi connectivity index (χ2n) is 4.34. The van der Waals surface area contributed by atoms with Crippen molar-refractivity contribution in [2.45, 2.75) is 20.8 Å². The lowest BCUT2D eigenvalue weighted by atomic mass is 10.2. The van der Waals surface area contributed by atoms with Gasteiger partial charge in [-0.05, 0) is 38.5 Å². The molecule has 0 fully saturated rings. The fourth-order valence-electron chi connectivity index (χ4n) is 1.64. The lowest BCUT2D eigenvalue weighted by Gasteiger charge is -2.13. The number of anilines is 3. The van der Waals surface area contributed by atoms with Crippen LogP contribution in [0.25, 0.3) is 0 Å². The van der Waals surface area contributed by atoms with Crippen LogP contribution in [0.15, 0.2) is 12.1 Å². The summed E-state index contributed by atoms with van der Waals surface area (Å²) < 4.78 is 0. The molecule has 2 rings (SSSR count). The van der Waals surface area contributed by atoms with Crippen LogP contribution in [0.2, 0.25) is 10.0 Å². The molecule has 0 aliphatic rings. The molecule has 0 bridgehead atoms. The van der Waals surface area contributed by atoms with Gasteiger partial charge in [-0.2, -0.15) is 0 Å². The molecule has 0 aliphatic carbocycles. The van der Waals surface area contributed by atoms with Gasteiger partial charge in [-0.1, -0.05) is 23.2 Å². The molecule has 3 N–H and O–H groups in total. The lowest BCUT2D eigenvalue weighted by molar-refractivity contribution is 1.04. The SMILES string of the molecule is Cc1nc(N)c(C)c(Nc2cc(Cl)c(C)cc2Cl)n1. The van der Waals surface area contributed by atoms with Gasteiger partial charge in [0.2, 0.25) is 0 Å². The maximum Gasteiger partial charge on any atom is 0.139 e. The minimum Gasteiger partial charge on any atom is -0.383 e. The minimum atomic E-state index is 0.448. The molecule has 0 spiro atoms. The average Bonchev–Trinajstić information content (AvgIpc) is 2.32. The Bertz CT molecular complexity index is 641. The number of nitrogens with zero attached hydrogens (tertiary/aromatic N) is 2. The van der Waals surface area contributed by atoms with E-state index >= 15 is 0 Å². The second kappa shape index (κ2) is 5.23. The molecule has 6 heteroatoms. The Hall–Kier alpha value is -1.52. The third-order valence-corrected chi connectivity index (χ3v) is 3.52. The van der Waals surface area contributed by atoms with Crippen LogP contribution >= 0.6 is 23.2 Å². The van der Waals surface area contributed by atoms with Crippen molar-refractivity contribution in [1.82, 2.24) is 9.97 Å². The van der Waals surface area contributed by atoms with Crippen molar-refractivity contribution in [1.29, 1.82) is 0 Å². The molecule has 0 unspecified atom stereocenters. The Morgan fingerprint density at radius 3 is 2.42 bits per heavy atom. The molecule has 0 atom stereocenters. The average molecular weight is 297 g/mol. The first-order valence-corrected chi connectivity index (χ1v) is 6.47. The Kier molecular flexibility index (Phi) is 3.83. The number of aryl methyl sites for hydroxylation is 2. The van der Waals surface area contributed by atoms with Crippen LogP contribution in [0.5, 0.6) is 0 Å². The fourth-order valence-corrected chi connectivity index (χ4v) is 2.07. The highest BCUT2D eigenvalue weighted by Gasteiger charge is 2.10. The van der Waals surface area contributed by atoms with E-state index < -0.39 is 0 Å². The smallest absolute Gasteiger partial charge is 0.139 e. The van der Waals surface area contributed by atoms with Crippen molar-refractivity contribution >= 4 is 40.5 Å². The molecule has 19 heavy (non-hydrogen) atoms. The van der Waals surface area contributed by atoms with Crippen molar-refractivity contribution in [3.63, 3.8) is 0 Å². The molecule has 0 radical (unpaired) electrons. The lowest BCUT2D eigenvalue weighted by Crippen LogP contribution is -2.05. The highest BCUT2D eigenvalue weighted by atomic mass is 35.5. The third kappa shape index (κ3) is 2.91. The van der Waals surface area contributed by atoms with Gasteiger partial charge in [0.1, 0.15) is 17.5 Å². The van der Waals surface area contributed by atoms with Gasteiger partial charge in [-0.3, -0.25) is 0 Å². The van der Waals surface area contributed by atoms with Gasteiger partial charge in [0, 0.05) is 10.6 Å². The summed E-state index contributed by atoms with van der Waals surface area (Å²) in [7, 11) is 0. The second-order valence-corrected chi connectivity index (χ2v) is 5.15. The first-order chi connectivity index (χ1) is 8.88. The number of hydrogen-bond donors (Lipinski definition) is 2. The number of hydrogen-bond acceptors (Lipinski definition) is 4. The molecule has 1 aromatic carbocycles. The van der Waals surface area contributed by atoms with E-state index in [0.717, 1.165) is 11.1 Å². The van der Waals surface area contributed by atoms with E-state index in [2.05, 4.69) is 15.3 Å². The molecule has 0 saturated heterocycles. The fraction of sp³-hybridized carbons (Fsp3) is 0.231. The van der Waals surface area contributed by atoms with Crippen molar-refractivity contribution in [2.24, 2.45) is 0 Å². The summed E-state index contributed by atoms with van der Waals surface area (Å²) in [5.41, 5.74) is 8.21. The van der Waals surface area contributed by atoms with Gasteiger partial charge in [-0.25, -0.2) is 9.97 Å². The van der Waals surface area contributed by atoms with E-state index in [1.807, 2.05) is 13.8 Å². The number of nitrogens with one attached hydrogen (secondary N) is 1. The van der Waals surface area contributed by atoms with Gasteiger partial charge in [0.15, 0.2) is 0 Å². The first kappa shape index (κ1) is 13.9. The number of aromatic nitrogens is 2. The molecule has 1 aromatic heterocycles. The van der Waals surface area contributed by atoms with Gasteiger partial charge in [0.05, 0.1) is 10.7 Å². The number of rotatable bonds is 2. The van der Waals surface area contributed by atoms with Gasteiger partial charge < -0.3 is 11.1 Å². The molecule has 1 heterocycles. The molecule has 2 aromatic rings. The van der Waals surface area contributed by atoms with Crippen LogP contribution in [0.1, 0.15) is 17.0 Å². The summed E-state index contributed by atoms with van der Waals surface area (Å²) in [4.78, 5) is 8.42. The Balaban J connectivity index is 2.44. The van der Waals surface area contributed by atoms with Crippen LogP contribution in [0, 0.1) is 20.8 Å². The Morgan fingerprint density at radius 1 is 1.05 bits per heavy atom. The van der Waals surface area contributed by atoms with Crippen molar-refractivity contribution < 1.29 is 0 Å². The summed E-state index contributed by atoms with van der Waals surface area (Å²) in [5, 5.41) is 4.36. The zero-order valence-corrected chi connectivity index (χ0v) is 12.4. The van der Waals surface area contributed by atoms with E-state index in [-0.39, 0.29) is 0 Å². The largest absolute Gasteiger partial charge is 0.383 e. The molecule has 100 valence electrons. The summed E-state index contributed by atoms with van der Waals surface area (Å²) in [5.74, 6) is 1.68. The first-order valence-electron chi connectivity index (χ1n) is 5.72. The van der Waals surface area contributed by atoms with Crippen LogP contribution in [-0.2, 0) is 0 Å². The van der Waals surface area contributed by atoms with E-state index in [0.29, 0.717) is 33.2 Å². The Labute approximate surface area is 122 Å². The van der Waals surface area contributed by atoms with Crippen LogP contribution in [-0.4, -0.2) is 9.97 Å². The molecule has 4 nitrogen and oxygen atoms in total. The number of nitrogens with two attached hydrogens (primary N) is 1. The zero-order chi connectivity index (χ0) is 14.2. The quantitative estimate of drug-likeness (QED) is 0.878.